The van der Waals surface area contributed by atoms with Gasteiger partial charge in [0.15, 0.2) is 5.96 Å². The highest BCUT2D eigenvalue weighted by atomic mass is 127. The van der Waals surface area contributed by atoms with E-state index in [1.165, 1.54) is 50.2 Å². The summed E-state index contributed by atoms with van der Waals surface area (Å²) in [6.07, 6.45) is 6.18. The van der Waals surface area contributed by atoms with Gasteiger partial charge >= 0.3 is 0 Å². The molecule has 0 bridgehead atoms. The van der Waals surface area contributed by atoms with Crippen LogP contribution < -0.4 is 10.6 Å². The first-order chi connectivity index (χ1) is 11.7. The molecule has 1 fully saturated rings. The molecule has 1 unspecified atom stereocenters. The molecule has 0 saturated carbocycles. The second kappa shape index (κ2) is 12.9. The number of guanidine groups is 1. The lowest BCUT2D eigenvalue weighted by Gasteiger charge is -2.33. The van der Waals surface area contributed by atoms with Crippen LogP contribution in [0.1, 0.15) is 44.4 Å². The number of likely N-dealkylation sites (tertiary alicyclic amines) is 1. The Hall–Kier alpha value is -0.340. The first-order valence-corrected chi connectivity index (χ1v) is 10.3. The average molecular weight is 478 g/mol. The summed E-state index contributed by atoms with van der Waals surface area (Å²) in [5.74, 6) is 1.57. The average Bonchev–Trinajstić information content (AvgIpc) is 3.10. The van der Waals surface area contributed by atoms with Crippen molar-refractivity contribution in [3.05, 3.63) is 22.4 Å². The number of aliphatic imine (C=N–C) groups is 1. The number of hydrogen-bond donors (Lipinski definition) is 2. The molecule has 1 aromatic heterocycles. The predicted octanol–water partition coefficient (Wildman–Crippen LogP) is 3.97. The molecule has 25 heavy (non-hydrogen) atoms. The minimum absolute atomic E-state index is 0. The third-order valence-electron chi connectivity index (χ3n) is 4.73. The Morgan fingerprint density at radius 2 is 2.16 bits per heavy atom. The maximum atomic E-state index is 4.40. The fraction of sp³-hybridized carbons (Fsp3) is 0.737. The number of nitrogens with zero attached hydrogens (tertiary/aromatic N) is 2. The second-order valence-corrected chi connectivity index (χ2v) is 7.99. The summed E-state index contributed by atoms with van der Waals surface area (Å²) < 4.78 is 0. The molecule has 1 atom stereocenters. The highest BCUT2D eigenvalue weighted by Gasteiger charge is 2.19. The number of thiophene rings is 1. The molecule has 2 heterocycles. The Labute approximate surface area is 174 Å². The van der Waals surface area contributed by atoms with Crippen molar-refractivity contribution in [2.45, 2.75) is 52.0 Å². The van der Waals surface area contributed by atoms with Crippen molar-refractivity contribution in [1.82, 2.24) is 15.5 Å². The van der Waals surface area contributed by atoms with Crippen molar-refractivity contribution >= 4 is 41.3 Å². The monoisotopic (exact) mass is 478 g/mol. The molecule has 6 heteroatoms. The van der Waals surface area contributed by atoms with Crippen molar-refractivity contribution in [2.75, 3.05) is 33.2 Å². The van der Waals surface area contributed by atoms with Crippen LogP contribution in [-0.2, 0) is 6.42 Å². The van der Waals surface area contributed by atoms with Crippen LogP contribution in [0.3, 0.4) is 0 Å². The fourth-order valence-electron chi connectivity index (χ4n) is 3.19. The highest BCUT2D eigenvalue weighted by Crippen LogP contribution is 2.14. The van der Waals surface area contributed by atoms with E-state index in [0.29, 0.717) is 12.0 Å². The maximum Gasteiger partial charge on any atom is 0.191 e. The zero-order chi connectivity index (χ0) is 17.2. The van der Waals surface area contributed by atoms with Gasteiger partial charge in [-0.1, -0.05) is 26.3 Å². The second-order valence-electron chi connectivity index (χ2n) is 6.96. The number of halogens is 1. The quantitative estimate of drug-likeness (QED) is 0.338. The van der Waals surface area contributed by atoms with Crippen LogP contribution in [0.2, 0.25) is 0 Å². The SMILES string of the molecule is CCCCN1CCC(NC(=NC)NCC(C)Cc2cccs2)CC1.I. The first-order valence-electron chi connectivity index (χ1n) is 9.43. The van der Waals surface area contributed by atoms with Crippen LogP contribution in [0.15, 0.2) is 22.5 Å². The van der Waals surface area contributed by atoms with Gasteiger partial charge in [-0.2, -0.15) is 0 Å². The van der Waals surface area contributed by atoms with Crippen molar-refractivity contribution < 1.29 is 0 Å². The molecule has 0 radical (unpaired) electrons. The van der Waals surface area contributed by atoms with Gasteiger partial charge in [-0.05, 0) is 49.6 Å². The Bertz CT molecular complexity index is 470. The number of hydrogen-bond acceptors (Lipinski definition) is 3. The molecule has 0 amide bonds. The highest BCUT2D eigenvalue weighted by molar-refractivity contribution is 14.0. The minimum atomic E-state index is 0. The van der Waals surface area contributed by atoms with E-state index in [4.69, 9.17) is 0 Å². The normalized spacial score (nSPS) is 17.8. The molecule has 0 aromatic carbocycles. The summed E-state index contributed by atoms with van der Waals surface area (Å²) in [7, 11) is 1.87. The minimum Gasteiger partial charge on any atom is -0.356 e. The number of rotatable bonds is 8. The number of piperidine rings is 1. The summed E-state index contributed by atoms with van der Waals surface area (Å²) >= 11 is 1.85. The molecule has 1 aromatic rings. The van der Waals surface area contributed by atoms with Gasteiger partial charge in [-0.15, -0.1) is 35.3 Å². The van der Waals surface area contributed by atoms with E-state index in [0.717, 1.165) is 18.9 Å². The van der Waals surface area contributed by atoms with Crippen molar-refractivity contribution in [3.63, 3.8) is 0 Å². The van der Waals surface area contributed by atoms with E-state index in [1.807, 2.05) is 18.4 Å². The van der Waals surface area contributed by atoms with Crippen LogP contribution in [0.25, 0.3) is 0 Å². The van der Waals surface area contributed by atoms with Crippen molar-refractivity contribution in [2.24, 2.45) is 10.9 Å². The van der Waals surface area contributed by atoms with Gasteiger partial charge in [0.2, 0.25) is 0 Å². The van der Waals surface area contributed by atoms with Crippen LogP contribution in [-0.4, -0.2) is 50.1 Å². The van der Waals surface area contributed by atoms with Crippen LogP contribution in [0.4, 0.5) is 0 Å². The summed E-state index contributed by atoms with van der Waals surface area (Å²) in [6.45, 7) is 9.21. The molecule has 4 nitrogen and oxygen atoms in total. The lowest BCUT2D eigenvalue weighted by atomic mass is 10.0. The van der Waals surface area contributed by atoms with E-state index >= 15 is 0 Å². The topological polar surface area (TPSA) is 39.7 Å². The van der Waals surface area contributed by atoms with Gasteiger partial charge in [0.05, 0.1) is 0 Å². The maximum absolute atomic E-state index is 4.40. The number of unbranched alkanes of at least 4 members (excludes halogenated alkanes) is 1. The van der Waals surface area contributed by atoms with E-state index in [9.17, 15) is 0 Å². The Kier molecular flexibility index (Phi) is 11.7. The van der Waals surface area contributed by atoms with E-state index in [1.54, 1.807) is 0 Å². The number of nitrogens with one attached hydrogen (secondary N) is 2. The molecule has 1 aliphatic heterocycles. The molecule has 0 aliphatic carbocycles. The van der Waals surface area contributed by atoms with Gasteiger partial charge < -0.3 is 15.5 Å². The van der Waals surface area contributed by atoms with E-state index in [-0.39, 0.29) is 24.0 Å². The molecule has 2 N–H and O–H groups in total. The van der Waals surface area contributed by atoms with Crippen LogP contribution in [0.5, 0.6) is 0 Å². The van der Waals surface area contributed by atoms with Gasteiger partial charge in [0, 0.05) is 37.6 Å². The molecule has 2 rings (SSSR count). The zero-order valence-corrected chi connectivity index (χ0v) is 19.1. The van der Waals surface area contributed by atoms with Crippen LogP contribution in [0, 0.1) is 5.92 Å². The van der Waals surface area contributed by atoms with Crippen LogP contribution >= 0.6 is 35.3 Å². The van der Waals surface area contributed by atoms with Gasteiger partial charge in [-0.3, -0.25) is 4.99 Å². The third-order valence-corrected chi connectivity index (χ3v) is 5.63. The standard InChI is InChI=1S/C19H34N4S.HI/c1-4-5-10-23-11-8-17(9-12-23)22-19(20-3)21-15-16(2)14-18-7-6-13-24-18;/h6-7,13,16-17H,4-5,8-12,14-15H2,1-3H3,(H2,20,21,22);1H. The smallest absolute Gasteiger partial charge is 0.191 e. The molecular weight excluding hydrogens is 443 g/mol. The van der Waals surface area contributed by atoms with Crippen molar-refractivity contribution in [1.29, 1.82) is 0 Å². The molecule has 0 spiro atoms. The van der Waals surface area contributed by atoms with Gasteiger partial charge in [0.25, 0.3) is 0 Å². The molecule has 1 saturated heterocycles. The van der Waals surface area contributed by atoms with Crippen molar-refractivity contribution in [3.8, 4) is 0 Å². The molecular formula is C19H35IN4S. The lowest BCUT2D eigenvalue weighted by molar-refractivity contribution is 0.203. The predicted molar refractivity (Wildman–Crippen MR) is 121 cm³/mol. The zero-order valence-electron chi connectivity index (χ0n) is 16.0. The molecule has 144 valence electrons. The summed E-state index contributed by atoms with van der Waals surface area (Å²) in [6, 6.07) is 4.91. The molecule has 1 aliphatic rings. The summed E-state index contributed by atoms with van der Waals surface area (Å²) in [5.41, 5.74) is 0. The summed E-state index contributed by atoms with van der Waals surface area (Å²) in [5, 5.41) is 9.27. The largest absolute Gasteiger partial charge is 0.356 e. The fourth-order valence-corrected chi connectivity index (χ4v) is 4.06. The Morgan fingerprint density at radius 1 is 1.40 bits per heavy atom. The first kappa shape index (κ1) is 22.7. The Balaban J connectivity index is 0.00000312. The summed E-state index contributed by atoms with van der Waals surface area (Å²) in [4.78, 5) is 8.47. The van der Waals surface area contributed by atoms with Gasteiger partial charge in [-0.25, -0.2) is 0 Å². The van der Waals surface area contributed by atoms with E-state index in [2.05, 4.69) is 51.9 Å². The van der Waals surface area contributed by atoms with Gasteiger partial charge in [0.1, 0.15) is 0 Å². The van der Waals surface area contributed by atoms with E-state index < -0.39 is 0 Å². The third kappa shape index (κ3) is 8.73. The lowest BCUT2D eigenvalue weighted by Crippen LogP contribution is -2.49. The Morgan fingerprint density at radius 3 is 2.76 bits per heavy atom.